The largest absolute Gasteiger partial charge is 0.463 e. The van der Waals surface area contributed by atoms with E-state index >= 15 is 0 Å². The third kappa shape index (κ3) is 5.43. The summed E-state index contributed by atoms with van der Waals surface area (Å²) in [7, 11) is 0. The number of esters is 1. The maximum absolute atomic E-state index is 13.4. The molecule has 152 valence electrons. The van der Waals surface area contributed by atoms with Gasteiger partial charge in [0.25, 0.3) is 0 Å². The first kappa shape index (κ1) is 22.1. The maximum atomic E-state index is 13.4. The van der Waals surface area contributed by atoms with Crippen LogP contribution < -0.4 is 0 Å². The van der Waals surface area contributed by atoms with Gasteiger partial charge in [0.05, 0.1) is 6.61 Å². The molecule has 0 saturated heterocycles. The fraction of sp³-hybridized carbons (Fsp3) is 0.458. The minimum absolute atomic E-state index is 0.349. The lowest BCUT2D eigenvalue weighted by Gasteiger charge is -2.32. The summed E-state index contributed by atoms with van der Waals surface area (Å²) in [6.45, 7) is 10.1. The quantitative estimate of drug-likeness (QED) is 0.396. The molecule has 0 fully saturated rings. The van der Waals surface area contributed by atoms with E-state index in [2.05, 4.69) is 18.7 Å². The van der Waals surface area contributed by atoms with E-state index in [-0.39, 0.29) is 5.97 Å². The molecule has 2 aromatic rings. The van der Waals surface area contributed by atoms with Crippen molar-refractivity contribution in [3.63, 3.8) is 0 Å². The zero-order chi connectivity index (χ0) is 20.2. The lowest BCUT2D eigenvalue weighted by atomic mass is 9.86. The fourth-order valence-electron chi connectivity index (χ4n) is 3.32. The predicted octanol–water partition coefficient (Wildman–Crippen LogP) is 4.63. The summed E-state index contributed by atoms with van der Waals surface area (Å²) in [6.07, 6.45) is 1.62. The summed E-state index contributed by atoms with van der Waals surface area (Å²) < 4.78 is 12.0. The molecule has 4 nitrogen and oxygen atoms in total. The summed E-state index contributed by atoms with van der Waals surface area (Å²) in [5.74, 6) is -0.349. The van der Waals surface area contributed by atoms with Crippen molar-refractivity contribution >= 4 is 5.97 Å². The van der Waals surface area contributed by atoms with E-state index in [1.165, 1.54) is 0 Å². The maximum Gasteiger partial charge on any atom is 0.347 e. The summed E-state index contributed by atoms with van der Waals surface area (Å²) in [5, 5.41) is 0. The van der Waals surface area contributed by atoms with Crippen molar-refractivity contribution in [3.05, 3.63) is 71.8 Å². The molecule has 0 aliphatic heterocycles. The number of ether oxygens (including phenoxy) is 2. The van der Waals surface area contributed by atoms with E-state index in [9.17, 15) is 4.79 Å². The third-order valence-electron chi connectivity index (χ3n) is 4.92. The van der Waals surface area contributed by atoms with Crippen molar-refractivity contribution in [3.8, 4) is 0 Å². The molecule has 28 heavy (non-hydrogen) atoms. The average molecular weight is 384 g/mol. The van der Waals surface area contributed by atoms with E-state index in [1.54, 1.807) is 0 Å². The second-order valence-electron chi connectivity index (χ2n) is 6.78. The molecule has 0 radical (unpaired) electrons. The third-order valence-corrected chi connectivity index (χ3v) is 4.92. The molecule has 0 unspecified atom stereocenters. The van der Waals surface area contributed by atoms with Crippen molar-refractivity contribution in [2.45, 2.75) is 39.2 Å². The van der Waals surface area contributed by atoms with Gasteiger partial charge in [-0.15, -0.1) is 0 Å². The van der Waals surface area contributed by atoms with Gasteiger partial charge in [0.1, 0.15) is 0 Å². The van der Waals surface area contributed by atoms with Crippen LogP contribution in [0.2, 0.25) is 0 Å². The summed E-state index contributed by atoms with van der Waals surface area (Å²) in [5.41, 5.74) is 0.347. The Hall–Kier alpha value is -2.17. The van der Waals surface area contributed by atoms with Crippen LogP contribution in [0, 0.1) is 0 Å². The predicted molar refractivity (Wildman–Crippen MR) is 113 cm³/mol. The Bertz CT molecular complexity index is 644. The van der Waals surface area contributed by atoms with E-state index in [0.717, 1.165) is 43.6 Å². The molecule has 0 heterocycles. The highest BCUT2D eigenvalue weighted by atomic mass is 16.6. The van der Waals surface area contributed by atoms with Gasteiger partial charge in [-0.05, 0) is 37.1 Å². The molecule has 4 heteroatoms. The molecule has 0 aliphatic rings. The first-order chi connectivity index (χ1) is 13.7. The van der Waals surface area contributed by atoms with Crippen LogP contribution in [0.25, 0.3) is 0 Å². The van der Waals surface area contributed by atoms with Gasteiger partial charge in [-0.25, -0.2) is 4.79 Å². The number of hydrogen-bond acceptors (Lipinski definition) is 4. The SMILES string of the molecule is CCCOC(C(=O)OCCCN(CC)CC)(c1ccccc1)c1ccccc1. The van der Waals surface area contributed by atoms with Crippen molar-refractivity contribution in [2.24, 2.45) is 0 Å². The highest BCUT2D eigenvalue weighted by molar-refractivity contribution is 5.85. The van der Waals surface area contributed by atoms with Gasteiger partial charge in [-0.2, -0.15) is 0 Å². The zero-order valence-electron chi connectivity index (χ0n) is 17.4. The lowest BCUT2D eigenvalue weighted by molar-refractivity contribution is -0.169. The fourth-order valence-corrected chi connectivity index (χ4v) is 3.32. The molecule has 2 aromatic carbocycles. The Balaban J connectivity index is 2.27. The molecule has 0 atom stereocenters. The molecule has 0 spiro atoms. The van der Waals surface area contributed by atoms with Gasteiger partial charge >= 0.3 is 5.97 Å². The van der Waals surface area contributed by atoms with Crippen molar-refractivity contribution in [2.75, 3.05) is 32.8 Å². The molecular formula is C24H33NO3. The molecule has 0 aliphatic carbocycles. The second kappa shape index (κ2) is 11.6. The smallest absolute Gasteiger partial charge is 0.347 e. The molecule has 0 amide bonds. The van der Waals surface area contributed by atoms with Gasteiger partial charge in [0.15, 0.2) is 0 Å². The van der Waals surface area contributed by atoms with Gasteiger partial charge in [-0.3, -0.25) is 0 Å². The Kier molecular flexibility index (Phi) is 9.18. The Morgan fingerprint density at radius 1 is 0.857 bits per heavy atom. The number of carbonyl (C=O) groups excluding carboxylic acids is 1. The number of rotatable bonds is 12. The van der Waals surface area contributed by atoms with Crippen LogP contribution in [0.5, 0.6) is 0 Å². The van der Waals surface area contributed by atoms with Gasteiger partial charge in [0.2, 0.25) is 5.60 Å². The number of hydrogen-bond donors (Lipinski definition) is 0. The Morgan fingerprint density at radius 3 is 1.86 bits per heavy atom. The average Bonchev–Trinajstić information content (AvgIpc) is 2.76. The summed E-state index contributed by atoms with van der Waals surface area (Å²) in [4.78, 5) is 15.7. The topological polar surface area (TPSA) is 38.8 Å². The lowest BCUT2D eigenvalue weighted by Crippen LogP contribution is -2.42. The molecule has 0 saturated carbocycles. The van der Waals surface area contributed by atoms with Crippen molar-refractivity contribution in [1.82, 2.24) is 4.90 Å². The standard InChI is InChI=1S/C24H33NO3/c1-4-19-28-24(21-14-9-7-10-15-21,22-16-11-8-12-17-22)23(26)27-20-13-18-25(5-2)6-3/h7-12,14-17H,4-6,13,18-20H2,1-3H3. The number of nitrogens with zero attached hydrogens (tertiary/aromatic N) is 1. The van der Waals surface area contributed by atoms with E-state index < -0.39 is 5.60 Å². The van der Waals surface area contributed by atoms with Gasteiger partial charge in [0, 0.05) is 13.2 Å². The van der Waals surface area contributed by atoms with Crippen LogP contribution in [0.4, 0.5) is 0 Å². The first-order valence-corrected chi connectivity index (χ1v) is 10.3. The Morgan fingerprint density at radius 2 is 1.39 bits per heavy atom. The van der Waals surface area contributed by atoms with Crippen LogP contribution in [-0.2, 0) is 19.9 Å². The number of benzene rings is 2. The highest BCUT2D eigenvalue weighted by Gasteiger charge is 2.44. The van der Waals surface area contributed by atoms with Gasteiger partial charge < -0.3 is 14.4 Å². The van der Waals surface area contributed by atoms with Crippen LogP contribution in [-0.4, -0.2) is 43.7 Å². The van der Waals surface area contributed by atoms with E-state index in [4.69, 9.17) is 9.47 Å². The molecule has 0 N–H and O–H groups in total. The van der Waals surface area contributed by atoms with Gasteiger partial charge in [-0.1, -0.05) is 81.4 Å². The van der Waals surface area contributed by atoms with Crippen LogP contribution in [0.1, 0.15) is 44.7 Å². The first-order valence-electron chi connectivity index (χ1n) is 10.3. The Labute approximate surface area is 169 Å². The summed E-state index contributed by atoms with van der Waals surface area (Å²) >= 11 is 0. The van der Waals surface area contributed by atoms with Crippen LogP contribution >= 0.6 is 0 Å². The monoisotopic (exact) mass is 383 g/mol. The van der Waals surface area contributed by atoms with E-state index in [0.29, 0.717) is 13.2 Å². The molecule has 2 rings (SSSR count). The minimum atomic E-state index is -1.24. The van der Waals surface area contributed by atoms with E-state index in [1.807, 2.05) is 67.6 Å². The highest BCUT2D eigenvalue weighted by Crippen LogP contribution is 2.35. The van der Waals surface area contributed by atoms with Crippen LogP contribution in [0.3, 0.4) is 0 Å². The molecular weight excluding hydrogens is 350 g/mol. The molecule has 0 aromatic heterocycles. The summed E-state index contributed by atoms with van der Waals surface area (Å²) in [6, 6.07) is 19.3. The van der Waals surface area contributed by atoms with Crippen molar-refractivity contribution in [1.29, 1.82) is 0 Å². The van der Waals surface area contributed by atoms with Crippen molar-refractivity contribution < 1.29 is 14.3 Å². The molecule has 0 bridgehead atoms. The number of carbonyl (C=O) groups is 1. The normalized spacial score (nSPS) is 11.6. The second-order valence-corrected chi connectivity index (χ2v) is 6.78. The zero-order valence-corrected chi connectivity index (χ0v) is 17.4. The minimum Gasteiger partial charge on any atom is -0.463 e. The van der Waals surface area contributed by atoms with Crippen LogP contribution in [0.15, 0.2) is 60.7 Å².